The van der Waals surface area contributed by atoms with Gasteiger partial charge in [-0.3, -0.25) is 4.79 Å². The minimum atomic E-state index is -0.116. The van der Waals surface area contributed by atoms with E-state index < -0.39 is 0 Å². The Balaban J connectivity index is 1.83. The molecule has 1 heteroatoms. The predicted molar refractivity (Wildman–Crippen MR) is 85.8 cm³/mol. The van der Waals surface area contributed by atoms with Gasteiger partial charge in [-0.05, 0) is 53.7 Å². The Bertz CT molecular complexity index is 652. The fraction of sp³-hybridized carbons (Fsp3) is 0.550. The minimum Gasteiger partial charge on any atom is -0.298 e. The summed E-state index contributed by atoms with van der Waals surface area (Å²) in [6.45, 7) is 6.85. The van der Waals surface area contributed by atoms with Gasteiger partial charge in [0.05, 0.1) is 0 Å². The maximum atomic E-state index is 13.2. The lowest BCUT2D eigenvalue weighted by atomic mass is 9.70. The number of benzene rings is 1. The quantitative estimate of drug-likeness (QED) is 0.731. The second-order valence-corrected chi connectivity index (χ2v) is 7.90. The molecule has 3 aliphatic carbocycles. The summed E-state index contributed by atoms with van der Waals surface area (Å²) in [5.41, 5.74) is 4.13. The van der Waals surface area contributed by atoms with E-state index in [4.69, 9.17) is 0 Å². The SMILES string of the molecule is CC12CCC(C(C3=CCCc4ccccc43)C1=O)C2(C)C. The second kappa shape index (κ2) is 4.09. The number of rotatable bonds is 1. The molecule has 0 heterocycles. The van der Waals surface area contributed by atoms with Crippen molar-refractivity contribution >= 4 is 11.4 Å². The van der Waals surface area contributed by atoms with E-state index >= 15 is 0 Å². The Morgan fingerprint density at radius 1 is 1.14 bits per heavy atom. The van der Waals surface area contributed by atoms with Crippen LogP contribution < -0.4 is 0 Å². The first kappa shape index (κ1) is 13.3. The van der Waals surface area contributed by atoms with E-state index in [0.29, 0.717) is 11.7 Å². The van der Waals surface area contributed by atoms with Crippen LogP contribution in [0, 0.1) is 22.7 Å². The van der Waals surface area contributed by atoms with Crippen molar-refractivity contribution in [1.82, 2.24) is 0 Å². The largest absolute Gasteiger partial charge is 0.298 e. The Hall–Kier alpha value is -1.37. The number of carbonyl (C=O) groups is 1. The average Bonchev–Trinajstić information content (AvgIpc) is 2.79. The molecule has 2 fully saturated rings. The summed E-state index contributed by atoms with van der Waals surface area (Å²) in [6.07, 6.45) is 6.84. The third kappa shape index (κ3) is 1.50. The molecule has 2 bridgehead atoms. The van der Waals surface area contributed by atoms with Crippen molar-refractivity contribution in [2.24, 2.45) is 22.7 Å². The summed E-state index contributed by atoms with van der Waals surface area (Å²) >= 11 is 0. The van der Waals surface area contributed by atoms with Crippen LogP contribution in [0.4, 0.5) is 0 Å². The van der Waals surface area contributed by atoms with Crippen LogP contribution >= 0.6 is 0 Å². The number of ketones is 1. The van der Waals surface area contributed by atoms with Crippen molar-refractivity contribution in [3.05, 3.63) is 41.5 Å². The first-order valence-electron chi connectivity index (χ1n) is 8.29. The van der Waals surface area contributed by atoms with E-state index in [1.165, 1.54) is 23.1 Å². The molecule has 3 unspecified atom stereocenters. The highest BCUT2D eigenvalue weighted by Gasteiger charge is 2.66. The van der Waals surface area contributed by atoms with Crippen LogP contribution in [-0.4, -0.2) is 5.78 Å². The number of allylic oxidation sites excluding steroid dienone is 2. The third-order valence-corrected chi connectivity index (χ3v) is 6.97. The van der Waals surface area contributed by atoms with Gasteiger partial charge in [-0.15, -0.1) is 0 Å². The highest BCUT2D eigenvalue weighted by Crippen LogP contribution is 2.68. The molecule has 0 aliphatic heterocycles. The Labute approximate surface area is 127 Å². The summed E-state index contributed by atoms with van der Waals surface area (Å²) in [5, 5.41) is 0. The maximum Gasteiger partial charge on any atom is 0.147 e. The van der Waals surface area contributed by atoms with E-state index in [1.54, 1.807) is 0 Å². The molecule has 0 saturated heterocycles. The molecule has 3 atom stereocenters. The molecule has 0 spiro atoms. The average molecular weight is 280 g/mol. The lowest BCUT2D eigenvalue weighted by Gasteiger charge is -2.32. The molecule has 0 N–H and O–H groups in total. The number of fused-ring (bicyclic) bond motifs is 3. The van der Waals surface area contributed by atoms with Crippen molar-refractivity contribution in [2.75, 3.05) is 0 Å². The highest BCUT2D eigenvalue weighted by atomic mass is 16.1. The van der Waals surface area contributed by atoms with Crippen LogP contribution in [0.3, 0.4) is 0 Å². The highest BCUT2D eigenvalue weighted by molar-refractivity contribution is 6.01. The Morgan fingerprint density at radius 2 is 1.90 bits per heavy atom. The number of hydrogen-bond donors (Lipinski definition) is 0. The van der Waals surface area contributed by atoms with Crippen LogP contribution in [0.2, 0.25) is 0 Å². The first-order valence-corrected chi connectivity index (χ1v) is 8.29. The Morgan fingerprint density at radius 3 is 2.62 bits per heavy atom. The van der Waals surface area contributed by atoms with Crippen LogP contribution in [0.15, 0.2) is 30.3 Å². The zero-order valence-electron chi connectivity index (χ0n) is 13.3. The summed E-state index contributed by atoms with van der Waals surface area (Å²) in [6, 6.07) is 8.68. The fourth-order valence-electron chi connectivity index (χ4n) is 5.25. The monoisotopic (exact) mass is 280 g/mol. The molecule has 4 rings (SSSR count). The zero-order chi connectivity index (χ0) is 14.8. The molecule has 1 aromatic carbocycles. The molecule has 1 aromatic rings. The van der Waals surface area contributed by atoms with Crippen LogP contribution in [0.1, 0.15) is 51.2 Å². The van der Waals surface area contributed by atoms with E-state index in [0.717, 1.165) is 19.3 Å². The molecule has 0 aromatic heterocycles. The molecule has 110 valence electrons. The zero-order valence-corrected chi connectivity index (χ0v) is 13.3. The molecular formula is C20H24O. The summed E-state index contributed by atoms with van der Waals surface area (Å²) < 4.78 is 0. The van der Waals surface area contributed by atoms with E-state index in [9.17, 15) is 4.79 Å². The van der Waals surface area contributed by atoms with Gasteiger partial charge in [0.1, 0.15) is 5.78 Å². The second-order valence-electron chi connectivity index (χ2n) is 7.90. The van der Waals surface area contributed by atoms with Gasteiger partial charge >= 0.3 is 0 Å². The topological polar surface area (TPSA) is 17.1 Å². The third-order valence-electron chi connectivity index (χ3n) is 6.97. The van der Waals surface area contributed by atoms with Crippen LogP contribution in [-0.2, 0) is 11.2 Å². The smallest absolute Gasteiger partial charge is 0.147 e. The molecule has 2 saturated carbocycles. The standard InChI is InChI=1S/C20H24O/c1-19(2)16-11-12-20(19,3)18(21)17(16)15-10-6-8-13-7-4-5-9-14(13)15/h4-5,7,9-10,16-17H,6,8,11-12H2,1-3H3. The van der Waals surface area contributed by atoms with E-state index in [2.05, 4.69) is 51.1 Å². The van der Waals surface area contributed by atoms with Crippen molar-refractivity contribution in [2.45, 2.75) is 46.5 Å². The van der Waals surface area contributed by atoms with Gasteiger partial charge < -0.3 is 0 Å². The van der Waals surface area contributed by atoms with Gasteiger partial charge in [0.15, 0.2) is 0 Å². The first-order chi connectivity index (χ1) is 9.97. The van der Waals surface area contributed by atoms with Gasteiger partial charge in [-0.1, -0.05) is 51.1 Å². The summed E-state index contributed by atoms with van der Waals surface area (Å²) in [5.74, 6) is 1.17. The van der Waals surface area contributed by atoms with Crippen molar-refractivity contribution in [1.29, 1.82) is 0 Å². The molecule has 1 nitrogen and oxygen atoms in total. The minimum absolute atomic E-state index is 0.116. The van der Waals surface area contributed by atoms with Gasteiger partial charge in [0.2, 0.25) is 0 Å². The molecule has 3 aliphatic rings. The van der Waals surface area contributed by atoms with E-state index in [-0.39, 0.29) is 16.7 Å². The molecule has 21 heavy (non-hydrogen) atoms. The maximum absolute atomic E-state index is 13.2. The van der Waals surface area contributed by atoms with Crippen molar-refractivity contribution < 1.29 is 4.79 Å². The number of aryl methyl sites for hydroxylation is 1. The molecule has 0 radical (unpaired) electrons. The van der Waals surface area contributed by atoms with Crippen LogP contribution in [0.5, 0.6) is 0 Å². The van der Waals surface area contributed by atoms with Gasteiger partial charge in [-0.25, -0.2) is 0 Å². The lowest BCUT2D eigenvalue weighted by Crippen LogP contribution is -2.33. The van der Waals surface area contributed by atoms with Crippen molar-refractivity contribution in [3.8, 4) is 0 Å². The number of hydrogen-bond acceptors (Lipinski definition) is 1. The summed E-state index contributed by atoms with van der Waals surface area (Å²) in [7, 11) is 0. The predicted octanol–water partition coefficient (Wildman–Crippen LogP) is 4.66. The normalized spacial score (nSPS) is 36.5. The van der Waals surface area contributed by atoms with Crippen molar-refractivity contribution in [3.63, 3.8) is 0 Å². The van der Waals surface area contributed by atoms with Gasteiger partial charge in [-0.2, -0.15) is 0 Å². The van der Waals surface area contributed by atoms with E-state index in [1.807, 2.05) is 0 Å². The van der Waals surface area contributed by atoms with Crippen LogP contribution in [0.25, 0.3) is 5.57 Å². The molecule has 0 amide bonds. The number of Topliss-reactive ketones (excluding diaryl/α,β-unsaturated/α-hetero) is 1. The Kier molecular flexibility index (Phi) is 2.59. The van der Waals surface area contributed by atoms with Gasteiger partial charge in [0, 0.05) is 11.3 Å². The van der Waals surface area contributed by atoms with Gasteiger partial charge in [0.25, 0.3) is 0 Å². The molecular weight excluding hydrogens is 256 g/mol. The summed E-state index contributed by atoms with van der Waals surface area (Å²) in [4.78, 5) is 13.2. The lowest BCUT2D eigenvalue weighted by molar-refractivity contribution is -0.130. The fourth-order valence-corrected chi connectivity index (χ4v) is 5.25. The number of carbonyl (C=O) groups excluding carboxylic acids is 1.